The van der Waals surface area contributed by atoms with Gasteiger partial charge in [0.2, 0.25) is 0 Å². The van der Waals surface area contributed by atoms with Gasteiger partial charge in [-0.05, 0) is 0 Å². The van der Waals surface area contributed by atoms with E-state index in [0.717, 1.165) is 0 Å². The van der Waals surface area contributed by atoms with Gasteiger partial charge in [-0.15, -0.1) is 0 Å². The lowest BCUT2D eigenvalue weighted by Crippen LogP contribution is -2.66. The second kappa shape index (κ2) is 5.14. The number of hydrogen-bond acceptors (Lipinski definition) is 4. The number of Topliss-reactive ketones (excluding diaryl/α,β-unsaturated/α-hetero) is 1. The summed E-state index contributed by atoms with van der Waals surface area (Å²) in [6.45, 7) is 4.48. The van der Waals surface area contributed by atoms with Gasteiger partial charge in [-0.3, -0.25) is 15.4 Å². The van der Waals surface area contributed by atoms with Gasteiger partial charge < -0.3 is 4.74 Å². The molecule has 0 aromatic carbocycles. The zero-order valence-electron chi connectivity index (χ0n) is 10.9. The lowest BCUT2D eigenvalue weighted by Gasteiger charge is -2.39. The van der Waals surface area contributed by atoms with E-state index >= 15 is 0 Å². The first kappa shape index (κ1) is 15.4. The van der Waals surface area contributed by atoms with E-state index < -0.39 is 35.7 Å². The standard InChI is InChI=1S/C11H19F3N2O2/c1-10(2,3)8(17)7-6(11(12,13)14)5-15-9(16-7)18-4/h6-7,9,15-16H,5H2,1-4H3. The van der Waals surface area contributed by atoms with E-state index in [1.54, 1.807) is 20.8 Å². The second-order valence-corrected chi connectivity index (χ2v) is 5.43. The Hall–Kier alpha value is -0.660. The van der Waals surface area contributed by atoms with Gasteiger partial charge >= 0.3 is 6.18 Å². The Morgan fingerprint density at radius 2 is 1.83 bits per heavy atom. The molecule has 1 rings (SSSR count). The number of ketones is 1. The molecule has 1 heterocycles. The molecule has 2 N–H and O–H groups in total. The van der Waals surface area contributed by atoms with Crippen molar-refractivity contribution < 1.29 is 22.7 Å². The first-order chi connectivity index (χ1) is 8.07. The summed E-state index contributed by atoms with van der Waals surface area (Å²) in [6, 6.07) is -1.28. The summed E-state index contributed by atoms with van der Waals surface area (Å²) in [4.78, 5) is 12.1. The second-order valence-electron chi connectivity index (χ2n) is 5.43. The number of carbonyl (C=O) groups excluding carboxylic acids is 1. The van der Waals surface area contributed by atoms with Crippen molar-refractivity contribution in [3.63, 3.8) is 0 Å². The monoisotopic (exact) mass is 268 g/mol. The van der Waals surface area contributed by atoms with Crippen LogP contribution in [-0.2, 0) is 9.53 Å². The highest BCUT2D eigenvalue weighted by Gasteiger charge is 2.51. The number of rotatable bonds is 2. The van der Waals surface area contributed by atoms with E-state index in [-0.39, 0.29) is 6.54 Å². The third-order valence-electron chi connectivity index (χ3n) is 2.93. The molecule has 1 aliphatic rings. The van der Waals surface area contributed by atoms with Crippen LogP contribution in [0.2, 0.25) is 0 Å². The fourth-order valence-corrected chi connectivity index (χ4v) is 1.87. The van der Waals surface area contributed by atoms with Gasteiger partial charge in [0.05, 0.1) is 12.0 Å². The van der Waals surface area contributed by atoms with E-state index in [1.807, 2.05) is 0 Å². The van der Waals surface area contributed by atoms with E-state index in [0.29, 0.717) is 0 Å². The molecule has 7 heteroatoms. The molecule has 0 spiro atoms. The quantitative estimate of drug-likeness (QED) is 0.792. The van der Waals surface area contributed by atoms with Gasteiger partial charge in [0.15, 0.2) is 12.1 Å². The number of hydrogen-bond donors (Lipinski definition) is 2. The summed E-state index contributed by atoms with van der Waals surface area (Å²) in [5.41, 5.74) is -0.837. The Bertz CT molecular complexity index is 312. The van der Waals surface area contributed by atoms with Crippen molar-refractivity contribution in [3.8, 4) is 0 Å². The smallest absolute Gasteiger partial charge is 0.353 e. The summed E-state index contributed by atoms with van der Waals surface area (Å²) in [7, 11) is 1.36. The molecule has 0 aromatic heterocycles. The summed E-state index contributed by atoms with van der Waals surface area (Å²) in [6.07, 6.45) is -5.16. The molecule has 0 radical (unpaired) electrons. The molecule has 0 aromatic rings. The predicted octanol–water partition coefficient (Wildman–Crippen LogP) is 1.27. The van der Waals surface area contributed by atoms with E-state index in [9.17, 15) is 18.0 Å². The predicted molar refractivity (Wildman–Crippen MR) is 59.7 cm³/mol. The minimum atomic E-state index is -4.43. The van der Waals surface area contributed by atoms with Crippen LogP contribution in [0, 0.1) is 11.3 Å². The highest BCUT2D eigenvalue weighted by Crippen LogP contribution is 2.33. The van der Waals surface area contributed by atoms with Crippen molar-refractivity contribution in [2.45, 2.75) is 39.3 Å². The zero-order chi connectivity index (χ0) is 14.1. The van der Waals surface area contributed by atoms with Crippen LogP contribution in [0.3, 0.4) is 0 Å². The van der Waals surface area contributed by atoms with Crippen LogP contribution in [-0.4, -0.2) is 38.0 Å². The third-order valence-corrected chi connectivity index (χ3v) is 2.93. The Kier molecular flexibility index (Phi) is 4.40. The van der Waals surface area contributed by atoms with Crippen molar-refractivity contribution in [2.75, 3.05) is 13.7 Å². The minimum absolute atomic E-state index is 0.332. The molecular formula is C11H19F3N2O2. The molecule has 3 unspecified atom stereocenters. The molecule has 3 atom stereocenters. The van der Waals surface area contributed by atoms with Crippen LogP contribution in [0.1, 0.15) is 20.8 Å². The number of halogens is 3. The highest BCUT2D eigenvalue weighted by molar-refractivity contribution is 5.89. The minimum Gasteiger partial charge on any atom is -0.353 e. The fraction of sp³-hybridized carbons (Fsp3) is 0.909. The van der Waals surface area contributed by atoms with Crippen LogP contribution < -0.4 is 10.6 Å². The summed E-state index contributed by atoms with van der Waals surface area (Å²) < 4.78 is 43.6. The molecule has 1 aliphatic heterocycles. The number of alkyl halides is 3. The molecule has 106 valence electrons. The summed E-state index contributed by atoms with van der Waals surface area (Å²) in [5, 5.41) is 5.12. The normalized spacial score (nSPS) is 30.3. The lowest BCUT2D eigenvalue weighted by molar-refractivity contribution is -0.197. The van der Waals surface area contributed by atoms with Gasteiger partial charge in [-0.25, -0.2) is 0 Å². The topological polar surface area (TPSA) is 50.4 Å². The average molecular weight is 268 g/mol. The van der Waals surface area contributed by atoms with Gasteiger partial charge in [-0.1, -0.05) is 20.8 Å². The van der Waals surface area contributed by atoms with Gasteiger partial charge in [-0.2, -0.15) is 13.2 Å². The van der Waals surface area contributed by atoms with Crippen LogP contribution in [0.15, 0.2) is 0 Å². The molecular weight excluding hydrogens is 249 g/mol. The average Bonchev–Trinajstić information content (AvgIpc) is 2.24. The summed E-state index contributed by atoms with van der Waals surface area (Å²) >= 11 is 0. The number of methoxy groups -OCH3 is 1. The first-order valence-corrected chi connectivity index (χ1v) is 5.70. The van der Waals surface area contributed by atoms with Gasteiger partial charge in [0, 0.05) is 19.1 Å². The number of nitrogens with one attached hydrogen (secondary N) is 2. The van der Waals surface area contributed by atoms with Crippen molar-refractivity contribution in [1.82, 2.24) is 10.6 Å². The van der Waals surface area contributed by atoms with Crippen LogP contribution in [0.5, 0.6) is 0 Å². The summed E-state index contributed by atoms with van der Waals surface area (Å²) in [5.74, 6) is -2.20. The van der Waals surface area contributed by atoms with Crippen LogP contribution >= 0.6 is 0 Å². The highest BCUT2D eigenvalue weighted by atomic mass is 19.4. The Morgan fingerprint density at radius 1 is 1.28 bits per heavy atom. The van der Waals surface area contributed by atoms with Crippen molar-refractivity contribution in [2.24, 2.45) is 11.3 Å². The zero-order valence-corrected chi connectivity index (χ0v) is 10.9. The lowest BCUT2D eigenvalue weighted by atomic mass is 9.80. The van der Waals surface area contributed by atoms with Crippen molar-refractivity contribution in [1.29, 1.82) is 0 Å². The van der Waals surface area contributed by atoms with E-state index in [4.69, 9.17) is 4.74 Å². The molecule has 0 bridgehead atoms. The molecule has 4 nitrogen and oxygen atoms in total. The maximum Gasteiger partial charge on any atom is 0.394 e. The van der Waals surface area contributed by atoms with Gasteiger partial charge in [0.25, 0.3) is 0 Å². The van der Waals surface area contributed by atoms with Crippen LogP contribution in [0.25, 0.3) is 0 Å². The maximum atomic E-state index is 12.9. The first-order valence-electron chi connectivity index (χ1n) is 5.70. The Balaban J connectivity index is 2.95. The van der Waals surface area contributed by atoms with E-state index in [1.165, 1.54) is 7.11 Å². The van der Waals surface area contributed by atoms with Crippen molar-refractivity contribution >= 4 is 5.78 Å². The Morgan fingerprint density at radius 3 is 2.22 bits per heavy atom. The fourth-order valence-electron chi connectivity index (χ4n) is 1.87. The van der Waals surface area contributed by atoms with E-state index in [2.05, 4.69) is 10.6 Å². The van der Waals surface area contributed by atoms with Crippen molar-refractivity contribution in [3.05, 3.63) is 0 Å². The maximum absolute atomic E-state index is 12.9. The molecule has 1 fully saturated rings. The van der Waals surface area contributed by atoms with Gasteiger partial charge in [0.1, 0.15) is 0 Å². The number of ether oxygens (including phenoxy) is 1. The third kappa shape index (κ3) is 3.43. The van der Waals surface area contributed by atoms with Crippen LogP contribution in [0.4, 0.5) is 13.2 Å². The SMILES string of the molecule is COC1NCC(C(F)(F)F)C(C(=O)C(C)(C)C)N1. The Labute approximate surface area is 104 Å². The molecule has 18 heavy (non-hydrogen) atoms. The molecule has 0 amide bonds. The molecule has 0 saturated carbocycles. The largest absolute Gasteiger partial charge is 0.394 e. The number of carbonyl (C=O) groups is 1. The molecule has 1 saturated heterocycles. The molecule has 0 aliphatic carbocycles.